The average Bonchev–Trinajstić information content (AvgIpc) is 3.17. The molecule has 0 fully saturated rings. The lowest BCUT2D eigenvalue weighted by Crippen LogP contribution is -2.37. The Morgan fingerprint density at radius 3 is 2.51 bits per heavy atom. The Bertz CT molecular complexity index is 1360. The third kappa shape index (κ3) is 6.18. The number of alkyl halides is 3. The van der Waals surface area contributed by atoms with Crippen LogP contribution >= 0.6 is 11.3 Å². The number of Topliss-reactive ketones (excluding diaryl/α,β-unsaturated/α-hetero) is 1. The first-order valence-corrected chi connectivity index (χ1v) is 12.5. The van der Waals surface area contributed by atoms with E-state index in [2.05, 4.69) is 15.3 Å². The summed E-state index contributed by atoms with van der Waals surface area (Å²) in [5, 5.41) is 0.0945. The molecule has 3 rings (SSSR count). The Balaban J connectivity index is 2.17. The first-order valence-electron chi connectivity index (χ1n) is 9.94. The van der Waals surface area contributed by atoms with Gasteiger partial charge in [-0.3, -0.25) is 9.59 Å². The smallest absolute Gasteiger partial charge is 0.384 e. The molecule has 2 aromatic heterocycles. The molecular weight excluding hydrogens is 514 g/mol. The number of methoxy groups -OCH3 is 1. The maximum Gasteiger partial charge on any atom is 0.417 e. The van der Waals surface area contributed by atoms with Crippen molar-refractivity contribution in [1.29, 1.82) is 0 Å². The minimum Gasteiger partial charge on any atom is -0.384 e. The molecule has 0 aliphatic rings. The minimum absolute atomic E-state index is 0.0148. The summed E-state index contributed by atoms with van der Waals surface area (Å²) in [7, 11) is -2.95. The van der Waals surface area contributed by atoms with E-state index in [9.17, 15) is 35.6 Å². The second-order valence-electron chi connectivity index (χ2n) is 7.44. The van der Waals surface area contributed by atoms with Crippen molar-refractivity contribution < 1.29 is 40.3 Å². The van der Waals surface area contributed by atoms with Gasteiger partial charge in [-0.25, -0.2) is 18.4 Å². The van der Waals surface area contributed by atoms with Gasteiger partial charge in [0, 0.05) is 18.9 Å². The van der Waals surface area contributed by atoms with E-state index in [1.54, 1.807) is 0 Å². The standard InChI is InChI=1S/C21H19F4N3O5S2/c1-11(29)9-27-19(30)18(35(31,32)6-5-33-2)20-28-15-8-14(21(23,24)25)13(7-16(15)34-20)12-3-4-17(22)26-10-12/h3-4,7-8,10,18H,5-6,9H2,1-2H3,(H,27,30). The number of ketones is 1. The second-order valence-corrected chi connectivity index (χ2v) is 10.7. The molecule has 1 amide bonds. The number of rotatable bonds is 9. The van der Waals surface area contributed by atoms with Gasteiger partial charge in [0.05, 0.1) is 34.7 Å². The molecular formula is C21H19F4N3O5S2. The lowest BCUT2D eigenvalue weighted by atomic mass is 10.0. The fourth-order valence-electron chi connectivity index (χ4n) is 3.16. The van der Waals surface area contributed by atoms with E-state index in [1.165, 1.54) is 14.0 Å². The summed E-state index contributed by atoms with van der Waals surface area (Å²) in [4.78, 5) is 31.4. The van der Waals surface area contributed by atoms with Crippen LogP contribution in [-0.2, 0) is 30.3 Å². The molecule has 0 saturated heterocycles. The quantitative estimate of drug-likeness (QED) is 0.331. The van der Waals surface area contributed by atoms with E-state index >= 15 is 0 Å². The van der Waals surface area contributed by atoms with Crippen molar-refractivity contribution in [1.82, 2.24) is 15.3 Å². The van der Waals surface area contributed by atoms with E-state index in [1.807, 2.05) is 0 Å². The topological polar surface area (TPSA) is 115 Å². The fraction of sp³-hybridized carbons (Fsp3) is 0.333. The number of hydrogen-bond donors (Lipinski definition) is 1. The zero-order valence-corrected chi connectivity index (χ0v) is 20.0. The van der Waals surface area contributed by atoms with Gasteiger partial charge in [-0.2, -0.15) is 17.6 Å². The molecule has 188 valence electrons. The molecule has 0 spiro atoms. The zero-order valence-electron chi connectivity index (χ0n) is 18.3. The molecule has 1 aromatic carbocycles. The van der Waals surface area contributed by atoms with Crippen LogP contribution in [0.25, 0.3) is 21.3 Å². The van der Waals surface area contributed by atoms with Crippen molar-refractivity contribution in [2.45, 2.75) is 18.3 Å². The Labute approximate surface area is 201 Å². The highest BCUT2D eigenvalue weighted by atomic mass is 32.2. The van der Waals surface area contributed by atoms with E-state index in [-0.39, 0.29) is 33.0 Å². The summed E-state index contributed by atoms with van der Waals surface area (Å²) >= 11 is 0.721. The van der Waals surface area contributed by atoms with Crippen molar-refractivity contribution in [3.05, 3.63) is 47.0 Å². The van der Waals surface area contributed by atoms with Crippen molar-refractivity contribution in [3.8, 4) is 11.1 Å². The number of benzene rings is 1. The van der Waals surface area contributed by atoms with Gasteiger partial charge in [-0.15, -0.1) is 11.3 Å². The predicted molar refractivity (Wildman–Crippen MR) is 120 cm³/mol. The molecule has 14 heteroatoms. The number of nitrogens with one attached hydrogen (secondary N) is 1. The van der Waals surface area contributed by atoms with Gasteiger partial charge in [0.15, 0.2) is 15.1 Å². The third-order valence-electron chi connectivity index (χ3n) is 4.79. The van der Waals surface area contributed by atoms with Gasteiger partial charge in [-0.05, 0) is 36.8 Å². The Hall–Kier alpha value is -2.97. The maximum absolute atomic E-state index is 13.8. The molecule has 3 aromatic rings. The van der Waals surface area contributed by atoms with Crippen molar-refractivity contribution in [2.24, 2.45) is 0 Å². The van der Waals surface area contributed by atoms with Gasteiger partial charge >= 0.3 is 6.18 Å². The Morgan fingerprint density at radius 2 is 1.94 bits per heavy atom. The van der Waals surface area contributed by atoms with E-state index < -0.39 is 56.8 Å². The second kappa shape index (κ2) is 10.3. The summed E-state index contributed by atoms with van der Waals surface area (Å²) in [6.07, 6.45) is -3.87. The summed E-state index contributed by atoms with van der Waals surface area (Å²) in [5.41, 5.74) is -1.59. The van der Waals surface area contributed by atoms with Crippen LogP contribution in [0.15, 0.2) is 30.5 Å². The van der Waals surface area contributed by atoms with Crippen LogP contribution in [0.5, 0.6) is 0 Å². The number of aromatic nitrogens is 2. The zero-order chi connectivity index (χ0) is 26.0. The fourth-order valence-corrected chi connectivity index (χ4v) is 6.12. The van der Waals surface area contributed by atoms with Crippen LogP contribution in [-0.4, -0.2) is 56.1 Å². The van der Waals surface area contributed by atoms with Gasteiger partial charge in [0.1, 0.15) is 10.8 Å². The monoisotopic (exact) mass is 533 g/mol. The number of pyridine rings is 1. The summed E-state index contributed by atoms with van der Waals surface area (Å²) in [5.74, 6) is -2.89. The van der Waals surface area contributed by atoms with Crippen LogP contribution in [0, 0.1) is 5.95 Å². The molecule has 2 heterocycles. The highest BCUT2D eigenvalue weighted by molar-refractivity contribution is 7.92. The molecule has 0 radical (unpaired) electrons. The van der Waals surface area contributed by atoms with Crippen LogP contribution in [0.3, 0.4) is 0 Å². The summed E-state index contributed by atoms with van der Waals surface area (Å²) in [6, 6.07) is 3.92. The number of thiazole rings is 1. The van der Waals surface area contributed by atoms with E-state index in [4.69, 9.17) is 4.74 Å². The predicted octanol–water partition coefficient (Wildman–Crippen LogP) is 3.32. The van der Waals surface area contributed by atoms with Gasteiger partial charge < -0.3 is 10.1 Å². The molecule has 0 aliphatic heterocycles. The number of nitrogens with zero attached hydrogens (tertiary/aromatic N) is 2. The highest BCUT2D eigenvalue weighted by Crippen LogP contribution is 2.41. The molecule has 0 saturated carbocycles. The van der Waals surface area contributed by atoms with Gasteiger partial charge in [-0.1, -0.05) is 0 Å². The molecule has 1 atom stereocenters. The molecule has 35 heavy (non-hydrogen) atoms. The number of carbonyl (C=O) groups is 2. The Morgan fingerprint density at radius 1 is 1.23 bits per heavy atom. The lowest BCUT2D eigenvalue weighted by Gasteiger charge is -2.14. The summed E-state index contributed by atoms with van der Waals surface area (Å²) < 4.78 is 85.4. The van der Waals surface area contributed by atoms with Gasteiger partial charge in [0.2, 0.25) is 11.9 Å². The first-order chi connectivity index (χ1) is 16.3. The van der Waals surface area contributed by atoms with Crippen LogP contribution < -0.4 is 5.32 Å². The number of carbonyl (C=O) groups excluding carboxylic acids is 2. The van der Waals surface area contributed by atoms with Crippen LogP contribution in [0.4, 0.5) is 17.6 Å². The lowest BCUT2D eigenvalue weighted by molar-refractivity contribution is -0.137. The number of amides is 1. The average molecular weight is 534 g/mol. The molecule has 1 N–H and O–H groups in total. The maximum atomic E-state index is 13.8. The molecule has 1 unspecified atom stereocenters. The van der Waals surface area contributed by atoms with E-state index in [0.29, 0.717) is 0 Å². The number of fused-ring (bicyclic) bond motifs is 1. The first kappa shape index (κ1) is 26.6. The van der Waals surface area contributed by atoms with Crippen molar-refractivity contribution in [2.75, 3.05) is 26.0 Å². The number of hydrogen-bond acceptors (Lipinski definition) is 8. The third-order valence-corrected chi connectivity index (χ3v) is 7.92. The van der Waals surface area contributed by atoms with E-state index in [0.717, 1.165) is 41.8 Å². The number of sulfone groups is 1. The van der Waals surface area contributed by atoms with Crippen LogP contribution in [0.1, 0.15) is 22.7 Å². The number of ether oxygens (including phenoxy) is 1. The van der Waals surface area contributed by atoms with Gasteiger partial charge in [0.25, 0.3) is 0 Å². The highest BCUT2D eigenvalue weighted by Gasteiger charge is 2.38. The van der Waals surface area contributed by atoms with Crippen molar-refractivity contribution >= 4 is 43.1 Å². The Kier molecular flexibility index (Phi) is 7.87. The largest absolute Gasteiger partial charge is 0.417 e. The van der Waals surface area contributed by atoms with Crippen LogP contribution in [0.2, 0.25) is 0 Å². The number of halogens is 4. The molecule has 0 aliphatic carbocycles. The SMILES string of the molecule is COCCS(=O)(=O)C(C(=O)NCC(C)=O)c1nc2cc(C(F)(F)F)c(-c3ccc(F)nc3)cc2s1. The summed E-state index contributed by atoms with van der Waals surface area (Å²) in [6.45, 7) is 0.528. The normalized spacial score (nSPS) is 13.1. The minimum atomic E-state index is -4.81. The molecule has 0 bridgehead atoms. The van der Waals surface area contributed by atoms with Crippen molar-refractivity contribution in [3.63, 3.8) is 0 Å². The molecule has 8 nitrogen and oxygen atoms in total.